The molecule has 0 spiro atoms. The molecule has 138 valence electrons. The smallest absolute Gasteiger partial charge is 0.333 e. The van der Waals surface area contributed by atoms with E-state index in [0.29, 0.717) is 20.2 Å². The zero-order valence-corrected chi connectivity index (χ0v) is 16.3. The van der Waals surface area contributed by atoms with Gasteiger partial charge in [0.05, 0.1) is 21.3 Å². The van der Waals surface area contributed by atoms with Gasteiger partial charge in [-0.15, -0.1) is 0 Å². The SMILES string of the molecule is O=[N+]([O-])c1c(Nc2ccc(Br)cc2F)ncnc1Nc1cc(Cl)ccc1Cl. The van der Waals surface area contributed by atoms with Crippen molar-refractivity contribution in [2.45, 2.75) is 0 Å². The van der Waals surface area contributed by atoms with Crippen molar-refractivity contribution in [3.05, 3.63) is 73.2 Å². The van der Waals surface area contributed by atoms with E-state index in [9.17, 15) is 14.5 Å². The minimum Gasteiger partial charge on any atom is -0.333 e. The Morgan fingerprint density at radius 2 is 1.70 bits per heavy atom. The number of rotatable bonds is 5. The van der Waals surface area contributed by atoms with Crippen molar-refractivity contribution in [2.75, 3.05) is 10.6 Å². The van der Waals surface area contributed by atoms with Crippen LogP contribution in [0.1, 0.15) is 0 Å². The summed E-state index contributed by atoms with van der Waals surface area (Å²) in [6.07, 6.45) is 1.10. The third-order valence-electron chi connectivity index (χ3n) is 3.37. The predicted molar refractivity (Wildman–Crippen MR) is 106 cm³/mol. The van der Waals surface area contributed by atoms with Gasteiger partial charge in [0.1, 0.15) is 12.1 Å². The molecule has 3 rings (SSSR count). The van der Waals surface area contributed by atoms with E-state index in [2.05, 4.69) is 36.5 Å². The second kappa shape index (κ2) is 8.03. The number of nitrogens with one attached hydrogen (secondary N) is 2. The third kappa shape index (κ3) is 4.44. The first-order chi connectivity index (χ1) is 12.8. The van der Waals surface area contributed by atoms with E-state index >= 15 is 0 Å². The minimum atomic E-state index is -0.681. The number of hydrogen-bond acceptors (Lipinski definition) is 6. The van der Waals surface area contributed by atoms with Crippen LogP contribution in [0.2, 0.25) is 10.0 Å². The molecule has 0 aliphatic carbocycles. The molecule has 1 aromatic heterocycles. The van der Waals surface area contributed by atoms with Crippen molar-refractivity contribution in [1.82, 2.24) is 9.97 Å². The van der Waals surface area contributed by atoms with Crippen molar-refractivity contribution in [1.29, 1.82) is 0 Å². The number of anilines is 4. The molecule has 0 radical (unpaired) electrons. The molecule has 0 aliphatic rings. The van der Waals surface area contributed by atoms with Crippen molar-refractivity contribution in [3.63, 3.8) is 0 Å². The fraction of sp³-hybridized carbons (Fsp3) is 0. The molecule has 0 aliphatic heterocycles. The van der Waals surface area contributed by atoms with Crippen LogP contribution in [-0.2, 0) is 0 Å². The number of nitro groups is 1. The number of aromatic nitrogens is 2. The van der Waals surface area contributed by atoms with Gasteiger partial charge in [-0.25, -0.2) is 14.4 Å². The molecule has 2 N–H and O–H groups in total. The second-order valence-corrected chi connectivity index (χ2v) is 6.93. The highest BCUT2D eigenvalue weighted by atomic mass is 79.9. The van der Waals surface area contributed by atoms with Gasteiger partial charge in [0.2, 0.25) is 11.6 Å². The maximum absolute atomic E-state index is 14.1. The van der Waals surface area contributed by atoms with Crippen LogP contribution < -0.4 is 10.6 Å². The molecule has 0 saturated heterocycles. The molecule has 1 heterocycles. The number of hydrogen-bond donors (Lipinski definition) is 2. The van der Waals surface area contributed by atoms with Gasteiger partial charge in [0.15, 0.2) is 0 Å². The maximum Gasteiger partial charge on any atom is 0.353 e. The lowest BCUT2D eigenvalue weighted by atomic mass is 10.3. The first kappa shape index (κ1) is 19.3. The van der Waals surface area contributed by atoms with Gasteiger partial charge < -0.3 is 10.6 Å². The van der Waals surface area contributed by atoms with Crippen LogP contribution in [-0.4, -0.2) is 14.9 Å². The Bertz CT molecular complexity index is 1040. The normalized spacial score (nSPS) is 10.5. The van der Waals surface area contributed by atoms with Crippen molar-refractivity contribution < 1.29 is 9.31 Å². The lowest BCUT2D eigenvalue weighted by Crippen LogP contribution is -2.06. The topological polar surface area (TPSA) is 93.0 Å². The quantitative estimate of drug-likeness (QED) is 0.345. The lowest BCUT2D eigenvalue weighted by Gasteiger charge is -2.11. The highest BCUT2D eigenvalue weighted by Crippen LogP contribution is 2.36. The van der Waals surface area contributed by atoms with Crippen molar-refractivity contribution in [3.8, 4) is 0 Å². The van der Waals surface area contributed by atoms with Crippen LogP contribution in [0.4, 0.5) is 33.1 Å². The molecule has 0 bridgehead atoms. The molecule has 7 nitrogen and oxygen atoms in total. The summed E-state index contributed by atoms with van der Waals surface area (Å²) < 4.78 is 14.6. The summed E-state index contributed by atoms with van der Waals surface area (Å²) in [6.45, 7) is 0. The molecule has 0 fully saturated rings. The van der Waals surface area contributed by atoms with Gasteiger partial charge in [0, 0.05) is 9.50 Å². The van der Waals surface area contributed by atoms with Crippen molar-refractivity contribution >= 4 is 67.8 Å². The van der Waals surface area contributed by atoms with Crippen LogP contribution in [0, 0.1) is 15.9 Å². The molecule has 0 unspecified atom stereocenters. The number of halogens is 4. The fourth-order valence-corrected chi connectivity index (χ4v) is 2.84. The summed E-state index contributed by atoms with van der Waals surface area (Å²) >= 11 is 15.2. The van der Waals surface area contributed by atoms with Crippen molar-refractivity contribution in [2.24, 2.45) is 0 Å². The van der Waals surface area contributed by atoms with E-state index in [0.717, 1.165) is 6.33 Å². The van der Waals surface area contributed by atoms with E-state index in [1.807, 2.05) is 0 Å². The molecular weight excluding hydrogens is 464 g/mol. The summed E-state index contributed by atoms with van der Waals surface area (Å²) in [5, 5.41) is 17.7. The van der Waals surface area contributed by atoms with E-state index in [1.165, 1.54) is 24.3 Å². The zero-order chi connectivity index (χ0) is 19.6. The summed E-state index contributed by atoms with van der Waals surface area (Å²) in [7, 11) is 0. The molecular formula is C16H9BrCl2FN5O2. The van der Waals surface area contributed by atoms with E-state index < -0.39 is 16.4 Å². The Morgan fingerprint density at radius 3 is 2.33 bits per heavy atom. The number of benzene rings is 2. The highest BCUT2D eigenvalue weighted by Gasteiger charge is 2.24. The Labute approximate surface area is 170 Å². The standard InChI is InChI=1S/C16H9BrCl2FN5O2/c17-8-1-4-12(11(20)5-8)23-15-14(25(26)27)16(22-7-21-15)24-13-6-9(18)2-3-10(13)19/h1-7H,(H2,21,22,23,24). The van der Waals surface area contributed by atoms with Crippen LogP contribution >= 0.6 is 39.1 Å². The molecule has 0 amide bonds. The summed E-state index contributed by atoms with van der Waals surface area (Å²) in [5.41, 5.74) is -0.130. The zero-order valence-electron chi connectivity index (χ0n) is 13.2. The molecule has 0 saturated carbocycles. The molecule has 11 heteroatoms. The average Bonchev–Trinajstić information content (AvgIpc) is 2.60. The van der Waals surface area contributed by atoms with Gasteiger partial charge >= 0.3 is 5.69 Å². The minimum absolute atomic E-state index is 0.0201. The first-order valence-electron chi connectivity index (χ1n) is 7.28. The third-order valence-corrected chi connectivity index (χ3v) is 4.43. The molecule has 3 aromatic rings. The van der Waals surface area contributed by atoms with Gasteiger partial charge in [-0.3, -0.25) is 10.1 Å². The fourth-order valence-electron chi connectivity index (χ4n) is 2.17. The van der Waals surface area contributed by atoms with Gasteiger partial charge in [0.25, 0.3) is 0 Å². The van der Waals surface area contributed by atoms with Crippen LogP contribution in [0.5, 0.6) is 0 Å². The van der Waals surface area contributed by atoms with Gasteiger partial charge in [-0.1, -0.05) is 39.1 Å². The van der Waals surface area contributed by atoms with Crippen LogP contribution in [0.25, 0.3) is 0 Å². The molecule has 0 atom stereocenters. The van der Waals surface area contributed by atoms with Gasteiger partial charge in [-0.05, 0) is 36.4 Å². The second-order valence-electron chi connectivity index (χ2n) is 5.17. The van der Waals surface area contributed by atoms with Crippen LogP contribution in [0.15, 0.2) is 47.2 Å². The van der Waals surface area contributed by atoms with Gasteiger partial charge in [-0.2, -0.15) is 0 Å². The maximum atomic E-state index is 14.1. The Morgan fingerprint density at radius 1 is 1.04 bits per heavy atom. The Kier molecular flexibility index (Phi) is 5.73. The first-order valence-corrected chi connectivity index (χ1v) is 8.83. The highest BCUT2D eigenvalue weighted by molar-refractivity contribution is 9.10. The monoisotopic (exact) mass is 471 g/mol. The van der Waals surface area contributed by atoms with E-state index in [-0.39, 0.29) is 17.3 Å². The summed E-state index contributed by atoms with van der Waals surface area (Å²) in [5.74, 6) is -0.916. The lowest BCUT2D eigenvalue weighted by molar-refractivity contribution is -0.383. The summed E-state index contributed by atoms with van der Waals surface area (Å²) in [4.78, 5) is 18.7. The number of nitrogens with zero attached hydrogens (tertiary/aromatic N) is 3. The molecule has 27 heavy (non-hydrogen) atoms. The van der Waals surface area contributed by atoms with E-state index in [1.54, 1.807) is 12.1 Å². The molecule has 2 aromatic carbocycles. The predicted octanol–water partition coefficient (Wildman–Crippen LogP) is 6.08. The average molecular weight is 473 g/mol. The largest absolute Gasteiger partial charge is 0.353 e. The van der Waals surface area contributed by atoms with Crippen LogP contribution in [0.3, 0.4) is 0 Å². The Balaban J connectivity index is 2.02. The van der Waals surface area contributed by atoms with E-state index in [4.69, 9.17) is 23.2 Å². The Hall–Kier alpha value is -2.49. The summed E-state index contributed by atoms with van der Waals surface area (Å²) in [6, 6.07) is 8.84.